The fraction of sp³-hybridized carbons (Fsp3) is 0.833. The SMILES string of the molecule is CCN(CCOC)C(=O)NC1(C(=O)O)CCCC1. The van der Waals surface area contributed by atoms with E-state index in [0.717, 1.165) is 12.8 Å². The molecule has 2 N–H and O–H groups in total. The third kappa shape index (κ3) is 3.35. The maximum atomic E-state index is 12.0. The van der Waals surface area contributed by atoms with Crippen LogP contribution in [0.4, 0.5) is 4.79 Å². The van der Waals surface area contributed by atoms with Crippen LogP contribution in [0.5, 0.6) is 0 Å². The molecule has 6 nitrogen and oxygen atoms in total. The van der Waals surface area contributed by atoms with E-state index < -0.39 is 11.5 Å². The maximum Gasteiger partial charge on any atom is 0.329 e. The molecule has 0 aromatic rings. The summed E-state index contributed by atoms with van der Waals surface area (Å²) in [4.78, 5) is 24.9. The van der Waals surface area contributed by atoms with Gasteiger partial charge >= 0.3 is 12.0 Å². The summed E-state index contributed by atoms with van der Waals surface area (Å²) in [7, 11) is 1.57. The molecule has 2 amide bonds. The Labute approximate surface area is 107 Å². The monoisotopic (exact) mass is 258 g/mol. The standard InChI is InChI=1S/C12H22N2O4/c1-3-14(8-9-18-2)11(17)13-12(10(15)16)6-4-5-7-12/h3-9H2,1-2H3,(H,13,17)(H,15,16). The Balaban J connectivity index is 2.62. The first kappa shape index (κ1) is 14.8. The minimum Gasteiger partial charge on any atom is -0.480 e. The number of carbonyl (C=O) groups is 2. The molecule has 0 unspecified atom stereocenters. The molecule has 104 valence electrons. The lowest BCUT2D eigenvalue weighted by Crippen LogP contribution is -2.56. The lowest BCUT2D eigenvalue weighted by Gasteiger charge is -2.29. The van der Waals surface area contributed by atoms with Crippen LogP contribution in [-0.4, -0.2) is 54.4 Å². The quantitative estimate of drug-likeness (QED) is 0.746. The number of carboxylic acid groups (broad SMARTS) is 1. The van der Waals surface area contributed by atoms with Crippen LogP contribution in [0.3, 0.4) is 0 Å². The summed E-state index contributed by atoms with van der Waals surface area (Å²) < 4.78 is 4.93. The van der Waals surface area contributed by atoms with E-state index in [9.17, 15) is 14.7 Å². The van der Waals surface area contributed by atoms with Crippen LogP contribution in [0.2, 0.25) is 0 Å². The van der Waals surface area contributed by atoms with Gasteiger partial charge in [0.05, 0.1) is 6.61 Å². The Morgan fingerprint density at radius 2 is 2.00 bits per heavy atom. The normalized spacial score (nSPS) is 17.4. The number of methoxy groups -OCH3 is 1. The number of aliphatic carboxylic acids is 1. The number of rotatable bonds is 6. The summed E-state index contributed by atoms with van der Waals surface area (Å²) in [5.74, 6) is -0.934. The summed E-state index contributed by atoms with van der Waals surface area (Å²) in [6.07, 6.45) is 2.71. The highest BCUT2D eigenvalue weighted by molar-refractivity contribution is 5.86. The van der Waals surface area contributed by atoms with Gasteiger partial charge in [-0.1, -0.05) is 12.8 Å². The summed E-state index contributed by atoms with van der Waals surface area (Å²) in [6.45, 7) is 3.30. The van der Waals surface area contributed by atoms with Gasteiger partial charge in [-0.15, -0.1) is 0 Å². The molecule has 18 heavy (non-hydrogen) atoms. The van der Waals surface area contributed by atoms with E-state index in [-0.39, 0.29) is 6.03 Å². The second kappa shape index (κ2) is 6.58. The molecule has 1 fully saturated rings. The molecule has 0 saturated heterocycles. The number of nitrogens with zero attached hydrogens (tertiary/aromatic N) is 1. The van der Waals surface area contributed by atoms with Crippen molar-refractivity contribution in [2.24, 2.45) is 0 Å². The van der Waals surface area contributed by atoms with E-state index in [1.54, 1.807) is 12.0 Å². The van der Waals surface area contributed by atoms with Crippen molar-refractivity contribution >= 4 is 12.0 Å². The van der Waals surface area contributed by atoms with Gasteiger partial charge in [-0.3, -0.25) is 0 Å². The minimum absolute atomic E-state index is 0.321. The Bertz CT molecular complexity index is 300. The van der Waals surface area contributed by atoms with Crippen molar-refractivity contribution in [1.82, 2.24) is 10.2 Å². The molecule has 1 aliphatic carbocycles. The van der Waals surface area contributed by atoms with Crippen LogP contribution in [0.25, 0.3) is 0 Å². The van der Waals surface area contributed by atoms with Gasteiger partial charge < -0.3 is 20.1 Å². The van der Waals surface area contributed by atoms with Crippen molar-refractivity contribution in [3.05, 3.63) is 0 Å². The molecule has 0 aromatic heterocycles. The lowest BCUT2D eigenvalue weighted by molar-refractivity contribution is -0.144. The maximum absolute atomic E-state index is 12.0. The highest BCUT2D eigenvalue weighted by Gasteiger charge is 2.43. The molecule has 0 spiro atoms. The van der Waals surface area contributed by atoms with Crippen LogP contribution in [0.1, 0.15) is 32.6 Å². The van der Waals surface area contributed by atoms with Gasteiger partial charge in [0.15, 0.2) is 0 Å². The van der Waals surface area contributed by atoms with E-state index in [1.807, 2.05) is 6.92 Å². The van der Waals surface area contributed by atoms with E-state index in [2.05, 4.69) is 5.32 Å². The molecule has 0 bridgehead atoms. The second-order valence-electron chi connectivity index (χ2n) is 4.60. The van der Waals surface area contributed by atoms with Gasteiger partial charge in [0.25, 0.3) is 0 Å². The zero-order valence-electron chi connectivity index (χ0n) is 11.1. The van der Waals surface area contributed by atoms with Gasteiger partial charge in [0, 0.05) is 20.2 Å². The van der Waals surface area contributed by atoms with Crippen molar-refractivity contribution in [1.29, 1.82) is 0 Å². The lowest BCUT2D eigenvalue weighted by atomic mass is 9.98. The van der Waals surface area contributed by atoms with Crippen LogP contribution in [-0.2, 0) is 9.53 Å². The molecule has 1 saturated carbocycles. The largest absolute Gasteiger partial charge is 0.480 e. The van der Waals surface area contributed by atoms with Gasteiger partial charge in [-0.25, -0.2) is 9.59 Å². The predicted octanol–water partition coefficient (Wildman–Crippen LogP) is 1.06. The van der Waals surface area contributed by atoms with Crippen LogP contribution in [0.15, 0.2) is 0 Å². The second-order valence-corrected chi connectivity index (χ2v) is 4.60. The smallest absolute Gasteiger partial charge is 0.329 e. The molecule has 0 atom stereocenters. The zero-order chi connectivity index (χ0) is 13.6. The zero-order valence-corrected chi connectivity index (χ0v) is 11.1. The van der Waals surface area contributed by atoms with E-state index in [4.69, 9.17) is 4.74 Å². The van der Waals surface area contributed by atoms with Crippen molar-refractivity contribution in [3.63, 3.8) is 0 Å². The Hall–Kier alpha value is -1.30. The average Bonchev–Trinajstić information content (AvgIpc) is 2.80. The van der Waals surface area contributed by atoms with Crippen molar-refractivity contribution in [3.8, 4) is 0 Å². The number of ether oxygens (including phenoxy) is 1. The van der Waals surface area contributed by atoms with Gasteiger partial charge in [-0.2, -0.15) is 0 Å². The van der Waals surface area contributed by atoms with Gasteiger partial charge in [0.1, 0.15) is 5.54 Å². The first-order valence-corrected chi connectivity index (χ1v) is 6.35. The molecule has 1 rings (SSSR count). The Kier molecular flexibility index (Phi) is 5.40. The highest BCUT2D eigenvalue weighted by atomic mass is 16.5. The summed E-state index contributed by atoms with van der Waals surface area (Å²) in [6, 6.07) is -0.321. The number of hydrogen-bond acceptors (Lipinski definition) is 3. The predicted molar refractivity (Wildman–Crippen MR) is 66.5 cm³/mol. The van der Waals surface area contributed by atoms with Crippen molar-refractivity contribution in [2.75, 3.05) is 26.8 Å². The van der Waals surface area contributed by atoms with Crippen LogP contribution < -0.4 is 5.32 Å². The first-order chi connectivity index (χ1) is 8.55. The summed E-state index contributed by atoms with van der Waals surface area (Å²) >= 11 is 0. The number of hydrogen-bond donors (Lipinski definition) is 2. The topological polar surface area (TPSA) is 78.9 Å². The number of carboxylic acids is 1. The molecule has 1 aliphatic rings. The summed E-state index contributed by atoms with van der Waals surface area (Å²) in [5, 5.41) is 12.0. The van der Waals surface area contributed by atoms with Crippen molar-refractivity contribution < 1.29 is 19.4 Å². The Morgan fingerprint density at radius 1 is 1.39 bits per heavy atom. The number of urea groups is 1. The molecule has 0 radical (unpaired) electrons. The van der Waals surface area contributed by atoms with Crippen LogP contribution in [0, 0.1) is 0 Å². The van der Waals surface area contributed by atoms with Gasteiger partial charge in [-0.05, 0) is 19.8 Å². The minimum atomic E-state index is -1.07. The third-order valence-electron chi connectivity index (χ3n) is 3.45. The van der Waals surface area contributed by atoms with E-state index >= 15 is 0 Å². The molecule has 0 aromatic carbocycles. The molecule has 6 heteroatoms. The molecular weight excluding hydrogens is 236 g/mol. The Morgan fingerprint density at radius 3 is 2.44 bits per heavy atom. The molecular formula is C12H22N2O4. The van der Waals surface area contributed by atoms with Gasteiger partial charge in [0.2, 0.25) is 0 Å². The average molecular weight is 258 g/mol. The first-order valence-electron chi connectivity index (χ1n) is 6.35. The number of likely N-dealkylation sites (N-methyl/N-ethyl adjacent to an activating group) is 1. The van der Waals surface area contributed by atoms with E-state index in [0.29, 0.717) is 32.5 Å². The van der Waals surface area contributed by atoms with E-state index in [1.165, 1.54) is 0 Å². The molecule has 0 heterocycles. The number of nitrogens with one attached hydrogen (secondary N) is 1. The molecule has 0 aliphatic heterocycles. The number of carbonyl (C=O) groups excluding carboxylic acids is 1. The summed E-state index contributed by atoms with van der Waals surface area (Å²) in [5.41, 5.74) is -1.07. The fourth-order valence-electron chi connectivity index (χ4n) is 2.26. The third-order valence-corrected chi connectivity index (χ3v) is 3.45. The fourth-order valence-corrected chi connectivity index (χ4v) is 2.26. The van der Waals surface area contributed by atoms with Crippen LogP contribution >= 0.6 is 0 Å². The highest BCUT2D eigenvalue weighted by Crippen LogP contribution is 2.30. The van der Waals surface area contributed by atoms with Crippen molar-refractivity contribution in [2.45, 2.75) is 38.1 Å². The number of amides is 2.